The number of carbonyl (C=O) groups excluding carboxylic acids is 2. The molecule has 0 radical (unpaired) electrons. The third-order valence-electron chi connectivity index (χ3n) is 4.90. The Bertz CT molecular complexity index is 828. The number of H-pyrrole nitrogens is 1. The van der Waals surface area contributed by atoms with Gasteiger partial charge in [0, 0.05) is 30.9 Å². The summed E-state index contributed by atoms with van der Waals surface area (Å²) in [6.45, 7) is 5.09. The molecule has 8 nitrogen and oxygen atoms in total. The summed E-state index contributed by atoms with van der Waals surface area (Å²) in [5, 5.41) is 6.93. The summed E-state index contributed by atoms with van der Waals surface area (Å²) in [5.41, 5.74) is 9.33. The monoisotopic (exact) mass is 371 g/mol. The molecule has 27 heavy (non-hydrogen) atoms. The zero-order valence-corrected chi connectivity index (χ0v) is 15.9. The van der Waals surface area contributed by atoms with Crippen molar-refractivity contribution >= 4 is 11.8 Å². The van der Waals surface area contributed by atoms with Crippen molar-refractivity contribution in [2.75, 3.05) is 26.7 Å². The zero-order chi connectivity index (χ0) is 19.6. The first-order chi connectivity index (χ1) is 12.9. The summed E-state index contributed by atoms with van der Waals surface area (Å²) in [6, 6.07) is 6.80. The number of ether oxygens (including phenoxy) is 1. The van der Waals surface area contributed by atoms with Crippen LogP contribution in [0.2, 0.25) is 0 Å². The van der Waals surface area contributed by atoms with Crippen LogP contribution in [0.3, 0.4) is 0 Å². The molecule has 2 aromatic rings. The number of aromatic amines is 1. The molecule has 3 N–H and O–H groups in total. The van der Waals surface area contributed by atoms with E-state index in [1.54, 1.807) is 12.0 Å². The Balaban J connectivity index is 1.64. The first kappa shape index (κ1) is 18.9. The van der Waals surface area contributed by atoms with Crippen LogP contribution in [-0.2, 0) is 16.1 Å². The normalized spacial score (nSPS) is 15.8. The number of hydrogen-bond acceptors (Lipinski definition) is 5. The number of hydrogen-bond donors (Lipinski definition) is 2. The lowest BCUT2D eigenvalue weighted by Gasteiger charge is -2.35. The average molecular weight is 371 g/mol. The fourth-order valence-corrected chi connectivity index (χ4v) is 3.39. The second kappa shape index (κ2) is 7.79. The lowest BCUT2D eigenvalue weighted by atomic mass is 10.0. The van der Waals surface area contributed by atoms with E-state index in [1.165, 1.54) is 4.90 Å². The summed E-state index contributed by atoms with van der Waals surface area (Å²) in [6.07, 6.45) is 0. The highest BCUT2D eigenvalue weighted by molar-refractivity contribution is 5.89. The van der Waals surface area contributed by atoms with E-state index in [4.69, 9.17) is 10.5 Å². The van der Waals surface area contributed by atoms with Crippen molar-refractivity contribution in [3.8, 4) is 5.75 Å². The standard InChI is InChI=1S/C19H25N5O3/c1-12-17(13(2)22-21-12)18(20)19(26)24-8-7-23(16(25)11-24)10-14-5-4-6-15(9-14)27-3/h4-6,9,18H,7-8,10-11,20H2,1-3H3,(H,21,22)/t18-/m1/s1. The Morgan fingerprint density at radius 3 is 2.78 bits per heavy atom. The SMILES string of the molecule is COc1cccc(CN2CCN(C(=O)[C@H](N)c3c(C)n[nH]c3C)CC2=O)c1. The van der Waals surface area contributed by atoms with E-state index >= 15 is 0 Å². The Labute approximate surface area is 158 Å². The Hall–Kier alpha value is -2.87. The van der Waals surface area contributed by atoms with E-state index in [2.05, 4.69) is 10.2 Å². The molecule has 1 aliphatic heterocycles. The molecule has 0 aliphatic carbocycles. The first-order valence-corrected chi connectivity index (χ1v) is 8.87. The van der Waals surface area contributed by atoms with Gasteiger partial charge in [-0.15, -0.1) is 0 Å². The van der Waals surface area contributed by atoms with Crippen LogP contribution in [0.1, 0.15) is 28.6 Å². The molecule has 1 aromatic heterocycles. The minimum absolute atomic E-state index is 0.0342. The zero-order valence-electron chi connectivity index (χ0n) is 15.9. The summed E-state index contributed by atoms with van der Waals surface area (Å²) < 4.78 is 5.22. The summed E-state index contributed by atoms with van der Waals surface area (Å²) in [7, 11) is 1.61. The lowest BCUT2D eigenvalue weighted by molar-refractivity contribution is -0.146. The maximum atomic E-state index is 12.8. The van der Waals surface area contributed by atoms with Crippen LogP contribution in [-0.4, -0.2) is 58.6 Å². The Kier molecular flexibility index (Phi) is 5.46. The van der Waals surface area contributed by atoms with Crippen LogP contribution in [0.25, 0.3) is 0 Å². The maximum absolute atomic E-state index is 12.8. The van der Waals surface area contributed by atoms with Crippen molar-refractivity contribution in [3.05, 3.63) is 46.8 Å². The molecule has 2 heterocycles. The van der Waals surface area contributed by atoms with Gasteiger partial charge >= 0.3 is 0 Å². The number of aromatic nitrogens is 2. The quantitative estimate of drug-likeness (QED) is 0.813. The largest absolute Gasteiger partial charge is 0.497 e. The summed E-state index contributed by atoms with van der Waals surface area (Å²) in [5.74, 6) is 0.410. The molecule has 3 rings (SSSR count). The van der Waals surface area contributed by atoms with Crippen molar-refractivity contribution < 1.29 is 14.3 Å². The molecule has 0 saturated carbocycles. The van der Waals surface area contributed by atoms with E-state index in [-0.39, 0.29) is 18.4 Å². The van der Waals surface area contributed by atoms with Gasteiger partial charge in [0.05, 0.1) is 19.3 Å². The van der Waals surface area contributed by atoms with Crippen LogP contribution in [0.5, 0.6) is 5.75 Å². The molecule has 1 aromatic carbocycles. The third-order valence-corrected chi connectivity index (χ3v) is 4.90. The number of nitrogens with zero attached hydrogens (tertiary/aromatic N) is 3. The molecule has 144 valence electrons. The molecule has 0 unspecified atom stereocenters. The van der Waals surface area contributed by atoms with Gasteiger partial charge in [-0.3, -0.25) is 14.7 Å². The predicted octanol–water partition coefficient (Wildman–Crippen LogP) is 0.906. The van der Waals surface area contributed by atoms with Crippen molar-refractivity contribution in [1.82, 2.24) is 20.0 Å². The third kappa shape index (κ3) is 3.95. The smallest absolute Gasteiger partial charge is 0.244 e. The molecule has 2 amide bonds. The van der Waals surface area contributed by atoms with Gasteiger partial charge in [0.15, 0.2) is 0 Å². The highest BCUT2D eigenvalue weighted by Crippen LogP contribution is 2.21. The number of nitrogens with two attached hydrogens (primary N) is 1. The van der Waals surface area contributed by atoms with Gasteiger partial charge in [0.25, 0.3) is 0 Å². The van der Waals surface area contributed by atoms with Crippen molar-refractivity contribution in [1.29, 1.82) is 0 Å². The molecular weight excluding hydrogens is 346 g/mol. The molecule has 1 aliphatic rings. The van der Waals surface area contributed by atoms with E-state index in [0.717, 1.165) is 17.0 Å². The minimum atomic E-state index is -0.818. The number of piperazine rings is 1. The van der Waals surface area contributed by atoms with Gasteiger partial charge in [-0.2, -0.15) is 5.10 Å². The van der Waals surface area contributed by atoms with E-state index in [1.807, 2.05) is 38.1 Å². The van der Waals surface area contributed by atoms with Crippen LogP contribution < -0.4 is 10.5 Å². The van der Waals surface area contributed by atoms with Gasteiger partial charge in [0.1, 0.15) is 11.8 Å². The van der Waals surface area contributed by atoms with Crippen LogP contribution in [0.4, 0.5) is 0 Å². The van der Waals surface area contributed by atoms with Crippen molar-refractivity contribution in [2.45, 2.75) is 26.4 Å². The molecule has 1 atom stereocenters. The fraction of sp³-hybridized carbons (Fsp3) is 0.421. The summed E-state index contributed by atoms with van der Waals surface area (Å²) in [4.78, 5) is 28.6. The maximum Gasteiger partial charge on any atom is 0.244 e. The number of nitrogens with one attached hydrogen (secondary N) is 1. The van der Waals surface area contributed by atoms with Crippen molar-refractivity contribution in [2.24, 2.45) is 5.73 Å². The van der Waals surface area contributed by atoms with E-state index in [9.17, 15) is 9.59 Å². The molecular formula is C19H25N5O3. The highest BCUT2D eigenvalue weighted by atomic mass is 16.5. The van der Waals surface area contributed by atoms with Gasteiger partial charge in [-0.05, 0) is 31.5 Å². The number of rotatable bonds is 5. The first-order valence-electron chi connectivity index (χ1n) is 8.87. The van der Waals surface area contributed by atoms with Crippen LogP contribution >= 0.6 is 0 Å². The molecule has 0 spiro atoms. The van der Waals surface area contributed by atoms with E-state index < -0.39 is 6.04 Å². The van der Waals surface area contributed by atoms with Crippen molar-refractivity contribution in [3.63, 3.8) is 0 Å². The Morgan fingerprint density at radius 1 is 1.37 bits per heavy atom. The van der Waals surface area contributed by atoms with Gasteiger partial charge in [-0.25, -0.2) is 0 Å². The minimum Gasteiger partial charge on any atom is -0.497 e. The number of amides is 2. The number of methoxy groups -OCH3 is 1. The molecule has 0 bridgehead atoms. The second-order valence-corrected chi connectivity index (χ2v) is 6.75. The van der Waals surface area contributed by atoms with Gasteiger partial charge in [0.2, 0.25) is 11.8 Å². The van der Waals surface area contributed by atoms with Gasteiger partial charge < -0.3 is 20.3 Å². The molecule has 1 fully saturated rings. The average Bonchev–Trinajstić information content (AvgIpc) is 3.00. The van der Waals surface area contributed by atoms with Crippen LogP contribution in [0, 0.1) is 13.8 Å². The number of benzene rings is 1. The second-order valence-electron chi connectivity index (χ2n) is 6.75. The highest BCUT2D eigenvalue weighted by Gasteiger charge is 2.32. The molecule has 1 saturated heterocycles. The Morgan fingerprint density at radius 2 is 2.15 bits per heavy atom. The predicted molar refractivity (Wildman–Crippen MR) is 100.0 cm³/mol. The summed E-state index contributed by atoms with van der Waals surface area (Å²) >= 11 is 0. The molecule has 8 heteroatoms. The number of aryl methyl sites for hydroxylation is 2. The lowest BCUT2D eigenvalue weighted by Crippen LogP contribution is -2.53. The topological polar surface area (TPSA) is 105 Å². The fourth-order valence-electron chi connectivity index (χ4n) is 3.39. The van der Waals surface area contributed by atoms with E-state index in [0.29, 0.717) is 30.9 Å². The van der Waals surface area contributed by atoms with Crippen LogP contribution in [0.15, 0.2) is 24.3 Å². The number of carbonyl (C=O) groups is 2. The van der Waals surface area contributed by atoms with Gasteiger partial charge in [-0.1, -0.05) is 12.1 Å².